The summed E-state index contributed by atoms with van der Waals surface area (Å²) in [5.41, 5.74) is 3.65. The maximum absolute atomic E-state index is 5.30. The molecule has 3 rings (SSSR count). The molecule has 2 heteroatoms. The highest BCUT2D eigenvalue weighted by molar-refractivity contribution is 5.93. The minimum absolute atomic E-state index is 0.975. The molecule has 1 N–H and O–H groups in total. The Morgan fingerprint density at radius 1 is 1.25 bits per heavy atom. The number of rotatable bonds is 0. The molecule has 1 aromatic carbocycles. The minimum Gasteiger partial charge on any atom is -0.464 e. The van der Waals surface area contributed by atoms with Crippen LogP contribution in [-0.4, -0.2) is 6.54 Å². The van der Waals surface area contributed by atoms with Crippen molar-refractivity contribution in [2.45, 2.75) is 6.42 Å². The fourth-order valence-corrected chi connectivity index (χ4v) is 1.83. The number of fused-ring (bicyclic) bond motifs is 3. The Morgan fingerprint density at radius 2 is 2.25 bits per heavy atom. The van der Waals surface area contributed by atoms with Crippen LogP contribution in [0.5, 0.6) is 0 Å². The van der Waals surface area contributed by atoms with E-state index < -0.39 is 0 Å². The van der Waals surface area contributed by atoms with Crippen molar-refractivity contribution in [1.29, 1.82) is 0 Å². The molecule has 60 valence electrons. The molecule has 0 unspecified atom stereocenters. The van der Waals surface area contributed by atoms with Crippen molar-refractivity contribution in [2.24, 2.45) is 0 Å². The van der Waals surface area contributed by atoms with Crippen LogP contribution in [-0.2, 0) is 6.42 Å². The predicted molar refractivity (Wildman–Crippen MR) is 48.4 cm³/mol. The van der Waals surface area contributed by atoms with Crippen molar-refractivity contribution in [3.05, 3.63) is 30.0 Å². The van der Waals surface area contributed by atoms with Crippen LogP contribution in [0.4, 0.5) is 5.69 Å². The van der Waals surface area contributed by atoms with Crippen LogP contribution in [0.15, 0.2) is 28.9 Å². The van der Waals surface area contributed by atoms with E-state index >= 15 is 0 Å². The van der Waals surface area contributed by atoms with E-state index in [9.17, 15) is 0 Å². The van der Waals surface area contributed by atoms with E-state index in [4.69, 9.17) is 4.42 Å². The third kappa shape index (κ3) is 0.644. The molecule has 0 spiro atoms. The summed E-state index contributed by atoms with van der Waals surface area (Å²) in [6.07, 6.45) is 2.88. The number of anilines is 1. The average Bonchev–Trinajstić information content (AvgIpc) is 2.71. The van der Waals surface area contributed by atoms with Gasteiger partial charge in [0.2, 0.25) is 0 Å². The van der Waals surface area contributed by atoms with Crippen LogP contribution >= 0.6 is 0 Å². The Morgan fingerprint density at radius 3 is 3.25 bits per heavy atom. The maximum Gasteiger partial charge on any atom is 0.135 e. The van der Waals surface area contributed by atoms with Crippen molar-refractivity contribution in [3.8, 4) is 0 Å². The molecule has 0 saturated heterocycles. The van der Waals surface area contributed by atoms with Crippen molar-refractivity contribution in [3.63, 3.8) is 0 Å². The first-order valence-electron chi connectivity index (χ1n) is 4.18. The molecule has 2 aromatic rings. The van der Waals surface area contributed by atoms with Gasteiger partial charge in [-0.05, 0) is 24.1 Å². The third-order valence-corrected chi connectivity index (χ3v) is 2.42. The standard InChI is InChI=1S/C10H9NO/c1-2-9-8(4-6-12-9)10-7(1)3-5-11-10/h1-2,4,6,11H,3,5H2. The molecule has 2 heterocycles. The maximum atomic E-state index is 5.30. The first-order chi connectivity index (χ1) is 5.95. The van der Waals surface area contributed by atoms with Crippen molar-refractivity contribution in [1.82, 2.24) is 0 Å². The van der Waals surface area contributed by atoms with Gasteiger partial charge in [0.15, 0.2) is 0 Å². The summed E-state index contributed by atoms with van der Waals surface area (Å²) in [7, 11) is 0. The molecule has 0 fully saturated rings. The SMILES string of the molecule is c1cc2c3c(ccc2o1)CCN3. The second-order valence-corrected chi connectivity index (χ2v) is 3.11. The summed E-state index contributed by atoms with van der Waals surface area (Å²) in [5.74, 6) is 0. The molecule has 0 amide bonds. The van der Waals surface area contributed by atoms with Crippen LogP contribution < -0.4 is 5.32 Å². The molecule has 0 aliphatic carbocycles. The number of nitrogens with one attached hydrogen (secondary N) is 1. The smallest absolute Gasteiger partial charge is 0.135 e. The molecular weight excluding hydrogens is 150 g/mol. The number of hydrogen-bond donors (Lipinski definition) is 1. The van der Waals surface area contributed by atoms with E-state index in [1.807, 2.05) is 12.1 Å². The van der Waals surface area contributed by atoms with Crippen molar-refractivity contribution < 1.29 is 4.42 Å². The quantitative estimate of drug-likeness (QED) is 0.638. The summed E-state index contributed by atoms with van der Waals surface area (Å²) in [5, 5.41) is 4.58. The summed E-state index contributed by atoms with van der Waals surface area (Å²) in [6.45, 7) is 1.06. The van der Waals surface area contributed by atoms with Crippen LogP contribution in [0.2, 0.25) is 0 Å². The lowest BCUT2D eigenvalue weighted by Crippen LogP contribution is -1.91. The van der Waals surface area contributed by atoms with Gasteiger partial charge in [-0.3, -0.25) is 0 Å². The summed E-state index contributed by atoms with van der Waals surface area (Å²) < 4.78 is 5.30. The van der Waals surface area contributed by atoms with Gasteiger partial charge >= 0.3 is 0 Å². The Hall–Kier alpha value is -1.44. The van der Waals surface area contributed by atoms with Crippen molar-refractivity contribution in [2.75, 3.05) is 11.9 Å². The van der Waals surface area contributed by atoms with Gasteiger partial charge in [0, 0.05) is 17.6 Å². The molecule has 1 aliphatic heterocycles. The van der Waals surface area contributed by atoms with Crippen LogP contribution in [0.3, 0.4) is 0 Å². The van der Waals surface area contributed by atoms with Crippen LogP contribution in [0.25, 0.3) is 11.0 Å². The Balaban J connectivity index is 2.46. The van der Waals surface area contributed by atoms with Crippen LogP contribution in [0.1, 0.15) is 5.56 Å². The summed E-state index contributed by atoms with van der Waals surface area (Å²) in [4.78, 5) is 0. The summed E-state index contributed by atoms with van der Waals surface area (Å²) in [6, 6.07) is 6.20. The fourth-order valence-electron chi connectivity index (χ4n) is 1.83. The van der Waals surface area contributed by atoms with Gasteiger partial charge in [-0.2, -0.15) is 0 Å². The zero-order valence-corrected chi connectivity index (χ0v) is 6.63. The molecule has 0 bridgehead atoms. The summed E-state index contributed by atoms with van der Waals surface area (Å²) >= 11 is 0. The molecule has 1 aromatic heterocycles. The zero-order chi connectivity index (χ0) is 7.97. The van der Waals surface area contributed by atoms with E-state index in [-0.39, 0.29) is 0 Å². The lowest BCUT2D eigenvalue weighted by molar-refractivity contribution is 0.616. The topological polar surface area (TPSA) is 25.2 Å². The van der Waals surface area contributed by atoms with Crippen LogP contribution in [0, 0.1) is 0 Å². The number of furan rings is 1. The largest absolute Gasteiger partial charge is 0.464 e. The van der Waals surface area contributed by atoms with E-state index in [1.54, 1.807) is 6.26 Å². The third-order valence-electron chi connectivity index (χ3n) is 2.42. The lowest BCUT2D eigenvalue weighted by atomic mass is 10.1. The van der Waals surface area contributed by atoms with E-state index in [2.05, 4.69) is 11.4 Å². The minimum atomic E-state index is 0.975. The second kappa shape index (κ2) is 2.03. The molecule has 2 nitrogen and oxygen atoms in total. The van der Waals surface area contributed by atoms with Crippen molar-refractivity contribution >= 4 is 16.7 Å². The first kappa shape index (κ1) is 6.12. The predicted octanol–water partition coefficient (Wildman–Crippen LogP) is 2.40. The first-order valence-corrected chi connectivity index (χ1v) is 4.18. The highest BCUT2D eigenvalue weighted by atomic mass is 16.3. The molecular formula is C10H9NO. The molecule has 12 heavy (non-hydrogen) atoms. The molecule has 1 aliphatic rings. The lowest BCUT2D eigenvalue weighted by Gasteiger charge is -1.99. The highest BCUT2D eigenvalue weighted by Gasteiger charge is 2.13. The molecule has 0 atom stereocenters. The second-order valence-electron chi connectivity index (χ2n) is 3.11. The number of benzene rings is 1. The van der Waals surface area contributed by atoms with Gasteiger partial charge in [0.25, 0.3) is 0 Å². The highest BCUT2D eigenvalue weighted by Crippen LogP contribution is 2.31. The number of hydrogen-bond acceptors (Lipinski definition) is 2. The van der Waals surface area contributed by atoms with Gasteiger partial charge in [0.1, 0.15) is 5.58 Å². The van der Waals surface area contributed by atoms with Gasteiger partial charge in [-0.25, -0.2) is 0 Å². The van der Waals surface area contributed by atoms with Gasteiger partial charge in [-0.15, -0.1) is 0 Å². The Labute approximate surface area is 70.2 Å². The average molecular weight is 159 g/mol. The zero-order valence-electron chi connectivity index (χ0n) is 6.63. The molecule has 0 saturated carbocycles. The van der Waals surface area contributed by atoms with E-state index in [1.165, 1.54) is 16.6 Å². The fraction of sp³-hybridized carbons (Fsp3) is 0.200. The Kier molecular flexibility index (Phi) is 1.04. The Bertz CT molecular complexity index is 430. The monoisotopic (exact) mass is 159 g/mol. The van der Waals surface area contributed by atoms with Gasteiger partial charge in [-0.1, -0.05) is 6.07 Å². The molecule has 0 radical (unpaired) electrons. The van der Waals surface area contributed by atoms with E-state index in [0.717, 1.165) is 18.5 Å². The van der Waals surface area contributed by atoms with Gasteiger partial charge < -0.3 is 9.73 Å². The van der Waals surface area contributed by atoms with E-state index in [0.29, 0.717) is 0 Å². The normalized spacial score (nSPS) is 14.7. The van der Waals surface area contributed by atoms with Gasteiger partial charge in [0.05, 0.1) is 6.26 Å².